The van der Waals surface area contributed by atoms with Crippen molar-refractivity contribution in [2.24, 2.45) is 5.92 Å². The van der Waals surface area contributed by atoms with Gasteiger partial charge in [-0.3, -0.25) is 9.59 Å². The zero-order valence-electron chi connectivity index (χ0n) is 15.0. The first-order valence-corrected chi connectivity index (χ1v) is 9.15. The zero-order chi connectivity index (χ0) is 18.4. The van der Waals surface area contributed by atoms with Crippen molar-refractivity contribution >= 4 is 23.2 Å². The number of nitrogens with one attached hydrogen (secondary N) is 2. The highest BCUT2D eigenvalue weighted by Gasteiger charge is 2.26. The summed E-state index contributed by atoms with van der Waals surface area (Å²) in [6.07, 6.45) is 1.43. The lowest BCUT2D eigenvalue weighted by Crippen LogP contribution is -2.50. The first kappa shape index (κ1) is 19.2. The molecule has 0 bridgehead atoms. The molecule has 0 radical (unpaired) electrons. The summed E-state index contributed by atoms with van der Waals surface area (Å²) in [7, 11) is 3.96. The number of carbonyl (C=O) groups excluding carboxylic acids is 2. The molecule has 0 fully saturated rings. The number of hydrogen-bond donors (Lipinski definition) is 2. The van der Waals surface area contributed by atoms with Crippen molar-refractivity contribution in [2.75, 3.05) is 20.6 Å². The van der Waals surface area contributed by atoms with Crippen molar-refractivity contribution in [3.05, 3.63) is 46.5 Å². The molecule has 136 valence electrons. The minimum atomic E-state index is -0.622. The number of hydrogen-bond acceptors (Lipinski definition) is 5. The van der Waals surface area contributed by atoms with Crippen LogP contribution in [0.4, 0.5) is 0 Å². The third-order valence-corrected chi connectivity index (χ3v) is 4.70. The van der Waals surface area contributed by atoms with Crippen molar-refractivity contribution in [1.82, 2.24) is 15.5 Å². The molecular weight excluding hydrogens is 338 g/mol. The second-order valence-electron chi connectivity index (χ2n) is 6.45. The smallest absolute Gasteiger partial charge is 0.287 e. The molecular formula is C18H25N3O3S. The number of amides is 2. The lowest BCUT2D eigenvalue weighted by atomic mass is 10.0. The van der Waals surface area contributed by atoms with Crippen LogP contribution in [0.5, 0.6) is 0 Å². The molecule has 6 nitrogen and oxygen atoms in total. The monoisotopic (exact) mass is 363 g/mol. The van der Waals surface area contributed by atoms with E-state index in [4.69, 9.17) is 4.42 Å². The zero-order valence-corrected chi connectivity index (χ0v) is 15.8. The van der Waals surface area contributed by atoms with E-state index in [9.17, 15) is 9.59 Å². The van der Waals surface area contributed by atoms with Gasteiger partial charge in [0, 0.05) is 6.54 Å². The van der Waals surface area contributed by atoms with Gasteiger partial charge in [-0.2, -0.15) is 11.3 Å². The lowest BCUT2D eigenvalue weighted by molar-refractivity contribution is -0.124. The van der Waals surface area contributed by atoms with Crippen LogP contribution in [0.3, 0.4) is 0 Å². The Balaban J connectivity index is 1.99. The maximum Gasteiger partial charge on any atom is 0.287 e. The molecule has 7 heteroatoms. The van der Waals surface area contributed by atoms with E-state index >= 15 is 0 Å². The maximum atomic E-state index is 12.6. The molecule has 0 aromatic carbocycles. The Morgan fingerprint density at radius 3 is 2.56 bits per heavy atom. The molecule has 0 aliphatic rings. The van der Waals surface area contributed by atoms with E-state index in [0.29, 0.717) is 6.54 Å². The molecule has 2 rings (SSSR count). The van der Waals surface area contributed by atoms with Gasteiger partial charge in [0.25, 0.3) is 5.91 Å². The van der Waals surface area contributed by atoms with Gasteiger partial charge in [0.05, 0.1) is 12.3 Å². The van der Waals surface area contributed by atoms with E-state index in [0.717, 1.165) is 5.56 Å². The fourth-order valence-corrected chi connectivity index (χ4v) is 3.23. The summed E-state index contributed by atoms with van der Waals surface area (Å²) in [6, 6.07) is 4.73. The number of rotatable bonds is 8. The van der Waals surface area contributed by atoms with E-state index < -0.39 is 6.04 Å². The Bertz CT molecular complexity index is 666. The Morgan fingerprint density at radius 2 is 2.04 bits per heavy atom. The van der Waals surface area contributed by atoms with Gasteiger partial charge >= 0.3 is 0 Å². The van der Waals surface area contributed by atoms with E-state index in [1.54, 1.807) is 23.5 Å². The average Bonchev–Trinajstić information content (AvgIpc) is 3.25. The summed E-state index contributed by atoms with van der Waals surface area (Å²) < 4.78 is 5.09. The minimum Gasteiger partial charge on any atom is -0.459 e. The third kappa shape index (κ3) is 5.17. The van der Waals surface area contributed by atoms with Crippen LogP contribution in [-0.4, -0.2) is 43.4 Å². The van der Waals surface area contributed by atoms with E-state index in [-0.39, 0.29) is 29.5 Å². The van der Waals surface area contributed by atoms with Gasteiger partial charge in [-0.15, -0.1) is 0 Å². The van der Waals surface area contributed by atoms with Crippen LogP contribution in [0.25, 0.3) is 0 Å². The van der Waals surface area contributed by atoms with E-state index in [1.165, 1.54) is 6.26 Å². The van der Waals surface area contributed by atoms with Gasteiger partial charge in [-0.1, -0.05) is 13.8 Å². The molecule has 2 amide bonds. The molecule has 2 aromatic heterocycles. The summed E-state index contributed by atoms with van der Waals surface area (Å²) in [4.78, 5) is 26.8. The molecule has 0 saturated carbocycles. The normalized spacial score (nSPS) is 13.7. The van der Waals surface area contributed by atoms with Gasteiger partial charge in [0.1, 0.15) is 6.04 Å². The van der Waals surface area contributed by atoms with Gasteiger partial charge in [-0.05, 0) is 54.5 Å². The Morgan fingerprint density at radius 1 is 1.28 bits per heavy atom. The molecule has 2 N–H and O–H groups in total. The summed E-state index contributed by atoms with van der Waals surface area (Å²) in [5.41, 5.74) is 1.16. The number of likely N-dealkylation sites (N-methyl/N-ethyl adjacent to an activating group) is 1. The van der Waals surface area contributed by atoms with Gasteiger partial charge in [0.15, 0.2) is 5.76 Å². The van der Waals surface area contributed by atoms with Crippen LogP contribution < -0.4 is 10.6 Å². The van der Waals surface area contributed by atoms with Crippen molar-refractivity contribution in [2.45, 2.75) is 25.9 Å². The lowest BCUT2D eigenvalue weighted by Gasteiger charge is -2.26. The van der Waals surface area contributed by atoms with Crippen LogP contribution >= 0.6 is 11.3 Å². The third-order valence-electron chi connectivity index (χ3n) is 4.00. The topological polar surface area (TPSA) is 74.6 Å². The molecule has 0 aliphatic carbocycles. The molecule has 25 heavy (non-hydrogen) atoms. The Hall–Kier alpha value is -2.12. The predicted molar refractivity (Wildman–Crippen MR) is 98.6 cm³/mol. The molecule has 2 atom stereocenters. The summed E-state index contributed by atoms with van der Waals surface area (Å²) >= 11 is 1.63. The van der Waals surface area contributed by atoms with Gasteiger partial charge < -0.3 is 20.0 Å². The first-order chi connectivity index (χ1) is 11.9. The number of nitrogens with zero attached hydrogens (tertiary/aromatic N) is 1. The molecule has 0 unspecified atom stereocenters. The standard InChI is InChI=1S/C18H25N3O3S/c1-12(2)16(20-17(22)15-6-5-8-24-15)18(23)19-10-14(21(3)4)13-7-9-25-11-13/h5-9,11-12,14,16H,10H2,1-4H3,(H,19,23)(H,20,22)/t14-,16-/m1/s1. The predicted octanol–water partition coefficient (Wildman–Crippen LogP) is 2.51. The van der Waals surface area contributed by atoms with E-state index in [2.05, 4.69) is 27.0 Å². The van der Waals surface area contributed by atoms with Crippen LogP contribution in [0, 0.1) is 5.92 Å². The number of carbonyl (C=O) groups is 2. The van der Waals surface area contributed by atoms with Crippen molar-refractivity contribution < 1.29 is 14.0 Å². The molecule has 2 heterocycles. The fraction of sp³-hybridized carbons (Fsp3) is 0.444. The minimum absolute atomic E-state index is 0.0436. The largest absolute Gasteiger partial charge is 0.459 e. The van der Waals surface area contributed by atoms with Gasteiger partial charge in [-0.25, -0.2) is 0 Å². The summed E-state index contributed by atoms with van der Waals surface area (Å²) in [5.74, 6) is -0.432. The molecule has 0 aliphatic heterocycles. The summed E-state index contributed by atoms with van der Waals surface area (Å²) in [5, 5.41) is 9.81. The van der Waals surface area contributed by atoms with Crippen molar-refractivity contribution in [3.8, 4) is 0 Å². The van der Waals surface area contributed by atoms with Crippen LogP contribution in [0.1, 0.15) is 36.0 Å². The number of thiophene rings is 1. The van der Waals surface area contributed by atoms with Crippen LogP contribution in [0.2, 0.25) is 0 Å². The first-order valence-electron chi connectivity index (χ1n) is 8.20. The highest BCUT2D eigenvalue weighted by atomic mass is 32.1. The second kappa shape index (κ2) is 8.82. The van der Waals surface area contributed by atoms with Crippen LogP contribution in [0.15, 0.2) is 39.6 Å². The highest BCUT2D eigenvalue weighted by molar-refractivity contribution is 7.07. The SMILES string of the molecule is CC(C)[C@@H](NC(=O)c1ccco1)C(=O)NC[C@H](c1ccsc1)N(C)C. The summed E-state index contributed by atoms with van der Waals surface area (Å²) in [6.45, 7) is 4.27. The Kier molecular flexibility index (Phi) is 6.78. The average molecular weight is 363 g/mol. The molecule has 2 aromatic rings. The van der Waals surface area contributed by atoms with Gasteiger partial charge in [0.2, 0.25) is 5.91 Å². The van der Waals surface area contributed by atoms with Crippen molar-refractivity contribution in [1.29, 1.82) is 0 Å². The second-order valence-corrected chi connectivity index (χ2v) is 7.23. The molecule has 0 spiro atoms. The highest BCUT2D eigenvalue weighted by Crippen LogP contribution is 2.20. The molecule has 0 saturated heterocycles. The quantitative estimate of drug-likeness (QED) is 0.756. The number of furan rings is 1. The Labute approximate surface area is 152 Å². The van der Waals surface area contributed by atoms with Crippen molar-refractivity contribution in [3.63, 3.8) is 0 Å². The maximum absolute atomic E-state index is 12.6. The van der Waals surface area contributed by atoms with Crippen LogP contribution in [-0.2, 0) is 4.79 Å². The fourth-order valence-electron chi connectivity index (χ4n) is 2.53. The van der Waals surface area contributed by atoms with E-state index in [1.807, 2.05) is 33.3 Å².